The number of benzene rings is 1. The molecular formula is C16H15N5OS. The number of nitrogens with one attached hydrogen (secondary N) is 2. The van der Waals surface area contributed by atoms with Crippen molar-refractivity contribution in [2.24, 2.45) is 0 Å². The summed E-state index contributed by atoms with van der Waals surface area (Å²) in [5, 5.41) is 7.97. The second-order valence-corrected chi connectivity index (χ2v) is 5.67. The van der Waals surface area contributed by atoms with Crippen LogP contribution >= 0.6 is 11.3 Å². The highest BCUT2D eigenvalue weighted by molar-refractivity contribution is 7.13. The highest BCUT2D eigenvalue weighted by atomic mass is 32.1. The van der Waals surface area contributed by atoms with Crippen LogP contribution in [0.1, 0.15) is 5.69 Å². The third-order valence-electron chi connectivity index (χ3n) is 3.12. The van der Waals surface area contributed by atoms with Crippen molar-refractivity contribution in [2.75, 3.05) is 11.1 Å². The van der Waals surface area contributed by atoms with Crippen molar-refractivity contribution in [3.05, 3.63) is 59.7 Å². The Bertz CT molecular complexity index is 786. The number of urea groups is 1. The van der Waals surface area contributed by atoms with Crippen LogP contribution in [0.5, 0.6) is 0 Å². The maximum Gasteiger partial charge on any atom is 0.319 e. The molecule has 2 aromatic heterocycles. The SMILES string of the molecule is Nc1nc(-c2ccc(NC(=O)NCc3ccccn3)cc2)cs1. The maximum absolute atomic E-state index is 11.9. The Balaban J connectivity index is 1.56. The number of nitrogens with zero attached hydrogens (tertiary/aromatic N) is 2. The number of carbonyl (C=O) groups excluding carboxylic acids is 1. The Labute approximate surface area is 137 Å². The molecule has 7 heteroatoms. The van der Waals surface area contributed by atoms with Gasteiger partial charge in [0.2, 0.25) is 0 Å². The lowest BCUT2D eigenvalue weighted by molar-refractivity contribution is 0.251. The molecule has 2 heterocycles. The van der Waals surface area contributed by atoms with E-state index < -0.39 is 0 Å². The molecule has 4 N–H and O–H groups in total. The monoisotopic (exact) mass is 325 g/mol. The minimum absolute atomic E-state index is 0.277. The molecule has 2 amide bonds. The molecule has 0 aliphatic carbocycles. The van der Waals surface area contributed by atoms with E-state index in [9.17, 15) is 4.79 Å². The lowest BCUT2D eigenvalue weighted by Crippen LogP contribution is -2.28. The summed E-state index contributed by atoms with van der Waals surface area (Å²) < 4.78 is 0. The van der Waals surface area contributed by atoms with Gasteiger partial charge < -0.3 is 16.4 Å². The van der Waals surface area contributed by atoms with Gasteiger partial charge in [-0.05, 0) is 24.3 Å². The second kappa shape index (κ2) is 6.89. The predicted molar refractivity (Wildman–Crippen MR) is 92.1 cm³/mol. The van der Waals surface area contributed by atoms with Crippen LogP contribution in [-0.4, -0.2) is 16.0 Å². The topological polar surface area (TPSA) is 92.9 Å². The number of carbonyl (C=O) groups is 1. The fourth-order valence-electron chi connectivity index (χ4n) is 1.99. The first-order valence-electron chi connectivity index (χ1n) is 6.97. The predicted octanol–water partition coefficient (Wildman–Crippen LogP) is 3.11. The number of pyridine rings is 1. The van der Waals surface area contributed by atoms with Gasteiger partial charge >= 0.3 is 6.03 Å². The molecule has 0 atom stereocenters. The highest BCUT2D eigenvalue weighted by Crippen LogP contribution is 2.24. The molecule has 116 valence electrons. The summed E-state index contributed by atoms with van der Waals surface area (Å²) in [5.74, 6) is 0. The Kier molecular flexibility index (Phi) is 4.49. The lowest BCUT2D eigenvalue weighted by Gasteiger charge is -2.07. The van der Waals surface area contributed by atoms with Crippen LogP contribution in [0.4, 0.5) is 15.6 Å². The maximum atomic E-state index is 11.9. The van der Waals surface area contributed by atoms with Crippen molar-refractivity contribution in [1.29, 1.82) is 0 Å². The number of thiazole rings is 1. The first-order chi connectivity index (χ1) is 11.2. The van der Waals surface area contributed by atoms with Crippen molar-refractivity contribution in [1.82, 2.24) is 15.3 Å². The molecule has 0 bridgehead atoms. The summed E-state index contributed by atoms with van der Waals surface area (Å²) in [6.07, 6.45) is 1.69. The van der Waals surface area contributed by atoms with Gasteiger partial charge in [0.05, 0.1) is 17.9 Å². The normalized spacial score (nSPS) is 10.3. The smallest absolute Gasteiger partial charge is 0.319 e. The van der Waals surface area contributed by atoms with Gasteiger partial charge in [-0.15, -0.1) is 11.3 Å². The first-order valence-corrected chi connectivity index (χ1v) is 7.85. The van der Waals surface area contributed by atoms with Gasteiger partial charge in [0, 0.05) is 22.8 Å². The average molecular weight is 325 g/mol. The number of anilines is 2. The van der Waals surface area contributed by atoms with Gasteiger partial charge in [-0.2, -0.15) is 0 Å². The van der Waals surface area contributed by atoms with Crippen molar-refractivity contribution in [2.45, 2.75) is 6.54 Å². The molecule has 6 nitrogen and oxygen atoms in total. The zero-order chi connectivity index (χ0) is 16.1. The van der Waals surface area contributed by atoms with E-state index >= 15 is 0 Å². The largest absolute Gasteiger partial charge is 0.375 e. The van der Waals surface area contributed by atoms with Gasteiger partial charge in [-0.3, -0.25) is 4.98 Å². The van der Waals surface area contributed by atoms with Gasteiger partial charge in [-0.25, -0.2) is 9.78 Å². The molecule has 0 spiro atoms. The van der Waals surface area contributed by atoms with E-state index in [-0.39, 0.29) is 6.03 Å². The standard InChI is InChI=1S/C16H15N5OS/c17-15-21-14(10-23-15)11-4-6-12(7-5-11)20-16(22)19-9-13-3-1-2-8-18-13/h1-8,10H,9H2,(H2,17,21)(H2,19,20,22). The summed E-state index contributed by atoms with van der Waals surface area (Å²) in [7, 11) is 0. The van der Waals surface area contributed by atoms with Gasteiger partial charge in [0.1, 0.15) is 0 Å². The molecule has 3 aromatic rings. The van der Waals surface area contributed by atoms with E-state index in [2.05, 4.69) is 20.6 Å². The number of rotatable bonds is 4. The average Bonchev–Trinajstić information content (AvgIpc) is 3.01. The molecular weight excluding hydrogens is 310 g/mol. The molecule has 0 aliphatic rings. The number of nitrogens with two attached hydrogens (primary N) is 1. The van der Waals surface area contributed by atoms with E-state index in [1.54, 1.807) is 6.20 Å². The molecule has 0 saturated heterocycles. The van der Waals surface area contributed by atoms with E-state index in [1.165, 1.54) is 11.3 Å². The Morgan fingerprint density at radius 3 is 2.65 bits per heavy atom. The quantitative estimate of drug-likeness (QED) is 0.687. The molecule has 0 unspecified atom stereocenters. The molecule has 23 heavy (non-hydrogen) atoms. The zero-order valence-electron chi connectivity index (χ0n) is 12.2. The van der Waals surface area contributed by atoms with Gasteiger partial charge in [-0.1, -0.05) is 18.2 Å². The van der Waals surface area contributed by atoms with E-state index in [0.29, 0.717) is 17.4 Å². The molecule has 3 rings (SSSR count). The highest BCUT2D eigenvalue weighted by Gasteiger charge is 2.05. The van der Waals surface area contributed by atoms with Gasteiger partial charge in [0.15, 0.2) is 5.13 Å². The second-order valence-electron chi connectivity index (χ2n) is 4.78. The third-order valence-corrected chi connectivity index (χ3v) is 3.79. The number of hydrogen-bond acceptors (Lipinski definition) is 5. The van der Waals surface area contributed by atoms with E-state index in [1.807, 2.05) is 47.8 Å². The first kappa shape index (κ1) is 15.0. The number of aromatic nitrogens is 2. The summed E-state index contributed by atoms with van der Waals surface area (Å²) in [4.78, 5) is 20.2. The molecule has 0 radical (unpaired) electrons. The Hall–Kier alpha value is -2.93. The summed E-state index contributed by atoms with van der Waals surface area (Å²) >= 11 is 1.40. The van der Waals surface area contributed by atoms with Crippen LogP contribution in [0.3, 0.4) is 0 Å². The molecule has 0 aliphatic heterocycles. The summed E-state index contributed by atoms with van der Waals surface area (Å²) in [5.41, 5.74) is 8.93. The number of amides is 2. The van der Waals surface area contributed by atoms with Crippen molar-refractivity contribution < 1.29 is 4.79 Å². The lowest BCUT2D eigenvalue weighted by atomic mass is 10.1. The van der Waals surface area contributed by atoms with Crippen LogP contribution in [0.25, 0.3) is 11.3 Å². The van der Waals surface area contributed by atoms with Crippen LogP contribution in [-0.2, 0) is 6.54 Å². The fraction of sp³-hybridized carbons (Fsp3) is 0.0625. The van der Waals surface area contributed by atoms with Crippen LogP contribution < -0.4 is 16.4 Å². The Morgan fingerprint density at radius 2 is 2.00 bits per heavy atom. The van der Waals surface area contributed by atoms with Crippen LogP contribution in [0.15, 0.2) is 54.0 Å². The van der Waals surface area contributed by atoms with E-state index in [4.69, 9.17) is 5.73 Å². The minimum Gasteiger partial charge on any atom is -0.375 e. The Morgan fingerprint density at radius 1 is 1.17 bits per heavy atom. The number of nitrogen functional groups attached to an aromatic ring is 1. The van der Waals surface area contributed by atoms with E-state index in [0.717, 1.165) is 17.0 Å². The zero-order valence-corrected chi connectivity index (χ0v) is 13.0. The number of hydrogen-bond donors (Lipinski definition) is 3. The van der Waals surface area contributed by atoms with Crippen LogP contribution in [0.2, 0.25) is 0 Å². The molecule has 0 fully saturated rings. The summed E-state index contributed by atoms with van der Waals surface area (Å²) in [6, 6.07) is 12.7. The summed E-state index contributed by atoms with van der Waals surface area (Å²) in [6.45, 7) is 0.378. The van der Waals surface area contributed by atoms with Gasteiger partial charge in [0.25, 0.3) is 0 Å². The third kappa shape index (κ3) is 4.04. The molecule has 1 aromatic carbocycles. The molecule has 0 saturated carbocycles. The van der Waals surface area contributed by atoms with Crippen molar-refractivity contribution >= 4 is 28.2 Å². The fourth-order valence-corrected chi connectivity index (χ4v) is 2.57. The minimum atomic E-state index is -0.277. The van der Waals surface area contributed by atoms with Crippen molar-refractivity contribution in [3.63, 3.8) is 0 Å². The van der Waals surface area contributed by atoms with Crippen molar-refractivity contribution in [3.8, 4) is 11.3 Å². The van der Waals surface area contributed by atoms with Crippen LogP contribution in [0, 0.1) is 0 Å².